The fourth-order valence-corrected chi connectivity index (χ4v) is 5.48. The highest BCUT2D eigenvalue weighted by Gasteiger charge is 2.27. The molecule has 4 rings (SSSR count). The highest BCUT2D eigenvalue weighted by atomic mass is 16.5. The predicted octanol–water partition coefficient (Wildman–Crippen LogP) is 6.09. The lowest BCUT2D eigenvalue weighted by molar-refractivity contribution is -0.121. The number of benzene rings is 2. The molecule has 0 radical (unpaired) electrons. The van der Waals surface area contributed by atoms with Crippen LogP contribution in [0.1, 0.15) is 63.0 Å². The number of likely N-dealkylation sites (tertiary alicyclic amines) is 1. The average Bonchev–Trinajstić information content (AvgIpc) is 3.48. The minimum Gasteiger partial charge on any atom is -0.388 e. The molecule has 1 N–H and O–H groups in total. The van der Waals surface area contributed by atoms with Crippen molar-refractivity contribution in [2.45, 2.75) is 63.6 Å². The first kappa shape index (κ1) is 28.2. The Labute approximate surface area is 227 Å². The van der Waals surface area contributed by atoms with E-state index >= 15 is 0 Å². The topological polar surface area (TPSA) is 66.8 Å². The molecular formula is C33H41NO4. The summed E-state index contributed by atoms with van der Waals surface area (Å²) < 4.78 is 5.28. The number of ether oxygens (including phenoxy) is 1. The van der Waals surface area contributed by atoms with E-state index in [0.29, 0.717) is 32.1 Å². The van der Waals surface area contributed by atoms with Crippen LogP contribution in [-0.2, 0) is 14.3 Å². The van der Waals surface area contributed by atoms with E-state index in [0.717, 1.165) is 48.3 Å². The number of unbranched alkanes of at least 4 members (excludes halogenated alkanes) is 1. The van der Waals surface area contributed by atoms with Gasteiger partial charge in [-0.2, -0.15) is 0 Å². The van der Waals surface area contributed by atoms with Crippen LogP contribution >= 0.6 is 0 Å². The van der Waals surface area contributed by atoms with Crippen LogP contribution in [0.3, 0.4) is 0 Å². The van der Waals surface area contributed by atoms with Crippen molar-refractivity contribution >= 4 is 11.6 Å². The zero-order chi connectivity index (χ0) is 26.7. The molecule has 1 saturated heterocycles. The van der Waals surface area contributed by atoms with Crippen molar-refractivity contribution in [1.29, 1.82) is 0 Å². The highest BCUT2D eigenvalue weighted by Crippen LogP contribution is 2.30. The standard InChI is InChI=1S/C33H41NO4/c1-38-31-19-17-27(18-20-31)32(36)12-6-5-11-30(35)23-29(24-34-21-7-8-22-34)33(37)28-15-13-26(14-16-28)25-9-3-2-4-10-25/h2-4,9-10,13-19,29,31,33,37H,5-8,11-12,20-24H2,1H3/t29?,31?,33-/m1/s1. The van der Waals surface area contributed by atoms with Crippen molar-refractivity contribution in [2.75, 3.05) is 26.7 Å². The molecule has 1 aliphatic heterocycles. The summed E-state index contributed by atoms with van der Waals surface area (Å²) >= 11 is 0. The third kappa shape index (κ3) is 8.07. The molecule has 1 fully saturated rings. The summed E-state index contributed by atoms with van der Waals surface area (Å²) in [5.41, 5.74) is 3.86. The fraction of sp³-hybridized carbons (Fsp3) is 0.455. The number of nitrogens with zero attached hydrogens (tertiary/aromatic N) is 1. The average molecular weight is 516 g/mol. The zero-order valence-electron chi connectivity index (χ0n) is 22.6. The Hall–Kier alpha value is -2.86. The smallest absolute Gasteiger partial charge is 0.162 e. The first-order valence-electron chi connectivity index (χ1n) is 14.1. The molecule has 2 aromatic carbocycles. The second-order valence-electron chi connectivity index (χ2n) is 10.6. The number of rotatable bonds is 14. The number of aliphatic hydroxyl groups is 1. The van der Waals surface area contributed by atoms with Gasteiger partial charge in [0, 0.05) is 44.4 Å². The number of allylic oxidation sites excluding steroid dienone is 2. The van der Waals surface area contributed by atoms with E-state index in [4.69, 9.17) is 4.74 Å². The number of Topliss-reactive ketones (excluding diaryl/α,β-unsaturated/α-hetero) is 2. The van der Waals surface area contributed by atoms with Crippen LogP contribution in [0.15, 0.2) is 78.4 Å². The molecule has 0 amide bonds. The maximum Gasteiger partial charge on any atom is 0.162 e. The van der Waals surface area contributed by atoms with Crippen LogP contribution in [0.4, 0.5) is 0 Å². The number of carbonyl (C=O) groups excluding carboxylic acids is 2. The zero-order valence-corrected chi connectivity index (χ0v) is 22.6. The molecule has 5 nitrogen and oxygen atoms in total. The number of hydrogen-bond donors (Lipinski definition) is 1. The van der Waals surface area contributed by atoms with E-state index < -0.39 is 6.10 Å². The minimum atomic E-state index is -0.688. The number of carbonyl (C=O) groups is 2. The molecule has 0 bridgehead atoms. The lowest BCUT2D eigenvalue weighted by Gasteiger charge is -2.27. The summed E-state index contributed by atoms with van der Waals surface area (Å²) in [6.07, 6.45) is 10.8. The van der Waals surface area contributed by atoms with Crippen LogP contribution in [0.5, 0.6) is 0 Å². The highest BCUT2D eigenvalue weighted by molar-refractivity contribution is 5.98. The maximum absolute atomic E-state index is 13.0. The first-order chi connectivity index (χ1) is 18.5. The van der Waals surface area contributed by atoms with Crippen molar-refractivity contribution in [3.05, 3.63) is 84.0 Å². The van der Waals surface area contributed by atoms with E-state index in [2.05, 4.69) is 17.0 Å². The van der Waals surface area contributed by atoms with Crippen molar-refractivity contribution in [3.8, 4) is 11.1 Å². The number of ketones is 2. The predicted molar refractivity (Wildman–Crippen MR) is 152 cm³/mol. The number of methoxy groups -OCH3 is 1. The maximum atomic E-state index is 13.0. The molecule has 2 unspecified atom stereocenters. The SMILES string of the molecule is COC1C=CC(C(=O)CCCCC(=O)CC(CN2CCCC2)[C@H](O)c2ccc(-c3ccccc3)cc2)=CC1. The van der Waals surface area contributed by atoms with E-state index in [1.807, 2.05) is 60.7 Å². The lowest BCUT2D eigenvalue weighted by atomic mass is 9.88. The molecule has 0 spiro atoms. The summed E-state index contributed by atoms with van der Waals surface area (Å²) in [5.74, 6) is 0.155. The van der Waals surface area contributed by atoms with E-state index in [-0.39, 0.29) is 23.6 Å². The Bertz CT molecular complexity index is 1100. The molecule has 1 heterocycles. The monoisotopic (exact) mass is 515 g/mol. The molecule has 0 aromatic heterocycles. The van der Waals surface area contributed by atoms with Crippen LogP contribution in [0.25, 0.3) is 11.1 Å². The van der Waals surface area contributed by atoms with E-state index in [9.17, 15) is 14.7 Å². The van der Waals surface area contributed by atoms with Crippen molar-refractivity contribution in [2.24, 2.45) is 5.92 Å². The van der Waals surface area contributed by atoms with Crippen LogP contribution in [0.2, 0.25) is 0 Å². The molecule has 2 aliphatic rings. The van der Waals surface area contributed by atoms with E-state index in [1.165, 1.54) is 12.8 Å². The van der Waals surface area contributed by atoms with Gasteiger partial charge in [-0.3, -0.25) is 9.59 Å². The number of hydrogen-bond acceptors (Lipinski definition) is 5. The summed E-state index contributed by atoms with van der Waals surface area (Å²) in [5, 5.41) is 11.3. The molecule has 1 aliphatic carbocycles. The molecule has 2 aromatic rings. The van der Waals surface area contributed by atoms with Gasteiger partial charge in [0.1, 0.15) is 5.78 Å². The van der Waals surface area contributed by atoms with Gasteiger partial charge < -0.3 is 14.7 Å². The Morgan fingerprint density at radius 2 is 1.66 bits per heavy atom. The summed E-state index contributed by atoms with van der Waals surface area (Å²) in [6, 6.07) is 18.3. The third-order valence-corrected chi connectivity index (χ3v) is 7.78. The first-order valence-corrected chi connectivity index (χ1v) is 14.1. The van der Waals surface area contributed by atoms with Crippen molar-refractivity contribution < 1.29 is 19.4 Å². The van der Waals surface area contributed by atoms with Crippen LogP contribution in [0, 0.1) is 5.92 Å². The van der Waals surface area contributed by atoms with E-state index in [1.54, 1.807) is 7.11 Å². The quantitative estimate of drug-likeness (QED) is 0.309. The van der Waals surface area contributed by atoms with Crippen molar-refractivity contribution in [1.82, 2.24) is 4.90 Å². The molecule has 3 atom stereocenters. The molecular weight excluding hydrogens is 474 g/mol. The molecule has 0 saturated carbocycles. The van der Waals surface area contributed by atoms with Crippen LogP contribution in [-0.4, -0.2) is 54.4 Å². The van der Waals surface area contributed by atoms with Gasteiger partial charge >= 0.3 is 0 Å². The lowest BCUT2D eigenvalue weighted by Crippen LogP contribution is -2.31. The second kappa shape index (κ2) is 14.3. The Kier molecular flexibility index (Phi) is 10.6. The molecule has 202 valence electrons. The van der Waals surface area contributed by atoms with Gasteiger partial charge in [0.15, 0.2) is 5.78 Å². The van der Waals surface area contributed by atoms with Crippen LogP contribution < -0.4 is 0 Å². The van der Waals surface area contributed by atoms with Gasteiger partial charge in [0.05, 0.1) is 12.2 Å². The molecule has 38 heavy (non-hydrogen) atoms. The second-order valence-corrected chi connectivity index (χ2v) is 10.6. The van der Waals surface area contributed by atoms with Gasteiger partial charge in [-0.25, -0.2) is 0 Å². The largest absolute Gasteiger partial charge is 0.388 e. The fourth-order valence-electron chi connectivity index (χ4n) is 5.48. The Balaban J connectivity index is 1.29. The van der Waals surface area contributed by atoms with Gasteiger partial charge in [0.25, 0.3) is 0 Å². The van der Waals surface area contributed by atoms with Gasteiger partial charge in [-0.15, -0.1) is 0 Å². The summed E-state index contributed by atoms with van der Waals surface area (Å²) in [7, 11) is 1.67. The Morgan fingerprint density at radius 3 is 2.32 bits per heavy atom. The Morgan fingerprint density at radius 1 is 0.974 bits per heavy atom. The van der Waals surface area contributed by atoms with Gasteiger partial charge in [-0.05, 0) is 61.9 Å². The van der Waals surface area contributed by atoms with Crippen molar-refractivity contribution in [3.63, 3.8) is 0 Å². The van der Waals surface area contributed by atoms with Gasteiger partial charge in [0.2, 0.25) is 0 Å². The molecule has 5 heteroatoms. The minimum absolute atomic E-state index is 0.0508. The van der Waals surface area contributed by atoms with Gasteiger partial charge in [-0.1, -0.05) is 72.8 Å². The summed E-state index contributed by atoms with van der Waals surface area (Å²) in [6.45, 7) is 2.79. The summed E-state index contributed by atoms with van der Waals surface area (Å²) in [4.78, 5) is 27.8. The normalized spacial score (nSPS) is 19.2. The third-order valence-electron chi connectivity index (χ3n) is 7.78. The number of aliphatic hydroxyl groups excluding tert-OH is 1.